The molecule has 0 unspecified atom stereocenters. The Morgan fingerprint density at radius 2 is 1.71 bits per heavy atom. The van der Waals surface area contributed by atoms with Crippen LogP contribution < -0.4 is 17.0 Å². The quantitative estimate of drug-likeness (QED) is 0.647. The molecule has 0 aliphatic carbocycles. The molecule has 2 heteroatoms. The van der Waals surface area contributed by atoms with E-state index in [0.29, 0.717) is 0 Å². The van der Waals surface area contributed by atoms with Crippen LogP contribution in [0.1, 0.15) is 18.1 Å². The molecular formula is C12H20BrN. The molecule has 1 nitrogen and oxygen atoms in total. The third-order valence-electron chi connectivity index (χ3n) is 2.72. The van der Waals surface area contributed by atoms with Crippen LogP contribution in [0.5, 0.6) is 0 Å². The number of hydrogen-bond acceptors (Lipinski definition) is 0. The molecule has 1 aromatic rings. The summed E-state index contributed by atoms with van der Waals surface area (Å²) in [5.41, 5.74) is 2.87. The number of aryl methyl sites for hydroxylation is 1. The fraction of sp³-hybridized carbons (Fsp3) is 0.500. The van der Waals surface area contributed by atoms with Gasteiger partial charge in [0.05, 0.1) is 20.6 Å². The smallest absolute Gasteiger partial charge is 0.104 e. The molecule has 0 bridgehead atoms. The second-order valence-corrected chi connectivity index (χ2v) is 4.34. The van der Waals surface area contributed by atoms with Gasteiger partial charge in [-0.3, -0.25) is 0 Å². The minimum Gasteiger partial charge on any atom is -1.00 e. The SMILES string of the molecule is CC[N+](C)(C)Cc1ccccc1C.[Br-]. The Bertz CT molecular complexity index is 281. The minimum atomic E-state index is 0. The van der Waals surface area contributed by atoms with Crippen molar-refractivity contribution in [2.75, 3.05) is 20.6 Å². The predicted molar refractivity (Wildman–Crippen MR) is 57.5 cm³/mol. The third-order valence-corrected chi connectivity index (χ3v) is 2.72. The van der Waals surface area contributed by atoms with Crippen molar-refractivity contribution in [3.05, 3.63) is 35.4 Å². The van der Waals surface area contributed by atoms with E-state index in [2.05, 4.69) is 52.2 Å². The van der Waals surface area contributed by atoms with Gasteiger partial charge in [-0.25, -0.2) is 0 Å². The average molecular weight is 258 g/mol. The van der Waals surface area contributed by atoms with Crippen LogP contribution in [0.2, 0.25) is 0 Å². The summed E-state index contributed by atoms with van der Waals surface area (Å²) >= 11 is 0. The highest BCUT2D eigenvalue weighted by Gasteiger charge is 2.13. The molecule has 0 heterocycles. The van der Waals surface area contributed by atoms with E-state index in [9.17, 15) is 0 Å². The van der Waals surface area contributed by atoms with E-state index in [1.54, 1.807) is 0 Å². The van der Waals surface area contributed by atoms with Crippen molar-refractivity contribution in [1.82, 2.24) is 0 Å². The van der Waals surface area contributed by atoms with Crippen LogP contribution in [0.4, 0.5) is 0 Å². The average Bonchev–Trinajstić information content (AvgIpc) is 2.09. The van der Waals surface area contributed by atoms with Crippen molar-refractivity contribution >= 4 is 0 Å². The van der Waals surface area contributed by atoms with E-state index in [1.807, 2.05) is 0 Å². The van der Waals surface area contributed by atoms with Crippen molar-refractivity contribution < 1.29 is 21.5 Å². The van der Waals surface area contributed by atoms with Gasteiger partial charge in [0, 0.05) is 5.56 Å². The summed E-state index contributed by atoms with van der Waals surface area (Å²) in [7, 11) is 4.54. The molecular weight excluding hydrogens is 238 g/mol. The first-order valence-corrected chi connectivity index (χ1v) is 4.91. The maximum absolute atomic E-state index is 2.27. The molecule has 0 saturated heterocycles. The molecule has 80 valence electrons. The number of rotatable bonds is 3. The van der Waals surface area contributed by atoms with E-state index in [4.69, 9.17) is 0 Å². The summed E-state index contributed by atoms with van der Waals surface area (Å²) < 4.78 is 1.06. The molecule has 1 aromatic carbocycles. The lowest BCUT2D eigenvalue weighted by Gasteiger charge is -2.28. The molecule has 0 spiro atoms. The fourth-order valence-electron chi connectivity index (χ4n) is 1.36. The molecule has 14 heavy (non-hydrogen) atoms. The number of quaternary nitrogens is 1. The summed E-state index contributed by atoms with van der Waals surface area (Å²) in [6, 6.07) is 8.64. The van der Waals surface area contributed by atoms with Crippen LogP contribution in [0.3, 0.4) is 0 Å². The van der Waals surface area contributed by atoms with Crippen LogP contribution >= 0.6 is 0 Å². The minimum absolute atomic E-state index is 0. The number of hydrogen-bond donors (Lipinski definition) is 0. The summed E-state index contributed by atoms with van der Waals surface area (Å²) in [6.45, 7) is 6.72. The molecule has 0 radical (unpaired) electrons. The zero-order valence-electron chi connectivity index (χ0n) is 9.55. The maximum Gasteiger partial charge on any atom is 0.104 e. The van der Waals surface area contributed by atoms with Crippen LogP contribution in [0.25, 0.3) is 0 Å². The van der Waals surface area contributed by atoms with Gasteiger partial charge in [0.15, 0.2) is 0 Å². The van der Waals surface area contributed by atoms with Gasteiger partial charge in [0.1, 0.15) is 6.54 Å². The molecule has 0 aromatic heterocycles. The summed E-state index contributed by atoms with van der Waals surface area (Å²) in [5.74, 6) is 0. The van der Waals surface area contributed by atoms with Crippen molar-refractivity contribution in [3.63, 3.8) is 0 Å². The van der Waals surface area contributed by atoms with Gasteiger partial charge >= 0.3 is 0 Å². The monoisotopic (exact) mass is 257 g/mol. The van der Waals surface area contributed by atoms with Gasteiger partial charge in [-0.2, -0.15) is 0 Å². The zero-order valence-corrected chi connectivity index (χ0v) is 11.1. The predicted octanol–water partition coefficient (Wildman–Crippen LogP) is -0.405. The van der Waals surface area contributed by atoms with Crippen LogP contribution in [-0.4, -0.2) is 25.1 Å². The van der Waals surface area contributed by atoms with Crippen LogP contribution in [-0.2, 0) is 6.54 Å². The van der Waals surface area contributed by atoms with Gasteiger partial charge in [-0.15, -0.1) is 0 Å². The van der Waals surface area contributed by atoms with E-state index >= 15 is 0 Å². The number of nitrogens with zero attached hydrogens (tertiary/aromatic N) is 1. The van der Waals surface area contributed by atoms with Gasteiger partial charge in [0.25, 0.3) is 0 Å². The molecule has 0 N–H and O–H groups in total. The molecule has 0 saturated carbocycles. The second kappa shape index (κ2) is 5.52. The van der Waals surface area contributed by atoms with E-state index < -0.39 is 0 Å². The highest BCUT2D eigenvalue weighted by molar-refractivity contribution is 5.24. The number of benzene rings is 1. The zero-order chi connectivity index (χ0) is 9.90. The lowest BCUT2D eigenvalue weighted by molar-refractivity contribution is -0.901. The lowest BCUT2D eigenvalue weighted by atomic mass is 10.1. The highest BCUT2D eigenvalue weighted by atomic mass is 79.9. The van der Waals surface area contributed by atoms with Crippen LogP contribution in [0.15, 0.2) is 24.3 Å². The van der Waals surface area contributed by atoms with Crippen molar-refractivity contribution in [3.8, 4) is 0 Å². The van der Waals surface area contributed by atoms with E-state index in [-0.39, 0.29) is 17.0 Å². The molecule has 0 aliphatic heterocycles. The normalized spacial score (nSPS) is 10.9. The standard InChI is InChI=1S/C12H20N.BrH/c1-5-13(3,4)10-12-9-7-6-8-11(12)2;/h6-9H,5,10H2,1-4H3;1H/q+1;/p-1. The maximum atomic E-state index is 2.27. The van der Waals surface area contributed by atoms with Gasteiger partial charge in [-0.05, 0) is 19.4 Å². The Hall–Kier alpha value is -0.340. The Balaban J connectivity index is 0.00000169. The highest BCUT2D eigenvalue weighted by Crippen LogP contribution is 2.12. The summed E-state index contributed by atoms with van der Waals surface area (Å²) in [6.07, 6.45) is 0. The first-order chi connectivity index (χ1) is 6.05. The van der Waals surface area contributed by atoms with Crippen molar-refractivity contribution in [2.24, 2.45) is 0 Å². The topological polar surface area (TPSA) is 0 Å². The molecule has 1 rings (SSSR count). The largest absolute Gasteiger partial charge is 1.00 e. The van der Waals surface area contributed by atoms with E-state index in [0.717, 1.165) is 11.0 Å². The fourth-order valence-corrected chi connectivity index (χ4v) is 1.36. The molecule has 0 aliphatic rings. The lowest BCUT2D eigenvalue weighted by Crippen LogP contribution is -3.00. The Labute approximate surface area is 98.1 Å². The molecule has 0 atom stereocenters. The number of halogens is 1. The first-order valence-electron chi connectivity index (χ1n) is 4.91. The second-order valence-electron chi connectivity index (χ2n) is 4.34. The van der Waals surface area contributed by atoms with Gasteiger partial charge in [-0.1, -0.05) is 24.3 Å². The van der Waals surface area contributed by atoms with Crippen molar-refractivity contribution in [1.29, 1.82) is 0 Å². The Morgan fingerprint density at radius 1 is 1.14 bits per heavy atom. The molecule has 0 amide bonds. The van der Waals surface area contributed by atoms with Crippen LogP contribution in [0, 0.1) is 6.92 Å². The summed E-state index contributed by atoms with van der Waals surface area (Å²) in [5, 5.41) is 0. The Morgan fingerprint density at radius 3 is 2.21 bits per heavy atom. The molecule has 0 fully saturated rings. The Kier molecular flexibility index (Phi) is 5.38. The summed E-state index contributed by atoms with van der Waals surface area (Å²) in [4.78, 5) is 0. The first kappa shape index (κ1) is 13.7. The van der Waals surface area contributed by atoms with Gasteiger partial charge in [0.2, 0.25) is 0 Å². The van der Waals surface area contributed by atoms with Crippen molar-refractivity contribution in [2.45, 2.75) is 20.4 Å². The van der Waals surface area contributed by atoms with E-state index in [1.165, 1.54) is 17.7 Å². The third kappa shape index (κ3) is 3.81. The van der Waals surface area contributed by atoms with Gasteiger partial charge < -0.3 is 21.5 Å².